The predicted octanol–water partition coefficient (Wildman–Crippen LogP) is 4.94. The molecule has 0 saturated heterocycles. The Morgan fingerprint density at radius 3 is 2.50 bits per heavy atom. The predicted molar refractivity (Wildman–Crippen MR) is 113 cm³/mol. The molecule has 0 spiro atoms. The van der Waals surface area contributed by atoms with Crippen LogP contribution in [0.2, 0.25) is 5.02 Å². The van der Waals surface area contributed by atoms with Crippen LogP contribution in [0.1, 0.15) is 0 Å². The van der Waals surface area contributed by atoms with Gasteiger partial charge >= 0.3 is 0 Å². The van der Waals surface area contributed by atoms with Crippen LogP contribution >= 0.6 is 24.0 Å². The molecule has 0 amide bonds. The zero-order valence-electron chi connectivity index (χ0n) is 14.8. The average molecular weight is 415 g/mol. The van der Waals surface area contributed by atoms with Gasteiger partial charge in [-0.3, -0.25) is 9.36 Å². The molecule has 0 aliphatic rings. The molecule has 6 nitrogen and oxygen atoms in total. The summed E-state index contributed by atoms with van der Waals surface area (Å²) in [5.41, 5.74) is 1.05. The Kier molecular flexibility index (Phi) is 5.82. The summed E-state index contributed by atoms with van der Waals surface area (Å²) in [5, 5.41) is 4.23. The minimum atomic E-state index is -0.313. The Morgan fingerprint density at radius 2 is 1.75 bits per heavy atom. The summed E-state index contributed by atoms with van der Waals surface area (Å²) in [7, 11) is 1.64. The van der Waals surface area contributed by atoms with Crippen LogP contribution in [0.4, 0.5) is 11.6 Å². The zero-order valence-corrected chi connectivity index (χ0v) is 16.4. The first-order valence-corrected chi connectivity index (χ1v) is 8.61. The summed E-state index contributed by atoms with van der Waals surface area (Å²) in [6.07, 6.45) is 1.65. The number of aryl methyl sites for hydroxylation is 1. The Balaban J connectivity index is 0.00000225. The molecule has 4 rings (SSSR count). The van der Waals surface area contributed by atoms with Gasteiger partial charge in [0.2, 0.25) is 5.95 Å². The highest BCUT2D eigenvalue weighted by Crippen LogP contribution is 2.28. The second kappa shape index (κ2) is 8.29. The molecule has 2 heterocycles. The van der Waals surface area contributed by atoms with Crippen LogP contribution in [-0.2, 0) is 7.05 Å². The van der Waals surface area contributed by atoms with Crippen LogP contribution in [0.5, 0.6) is 11.5 Å². The number of nitrogens with one attached hydrogen (secondary N) is 1. The molecular formula is C20H16Cl2N4O2. The van der Waals surface area contributed by atoms with Crippen molar-refractivity contribution in [3.05, 3.63) is 82.2 Å². The van der Waals surface area contributed by atoms with Crippen molar-refractivity contribution in [3.8, 4) is 11.5 Å². The molecule has 0 unspecified atom stereocenters. The van der Waals surface area contributed by atoms with Crippen LogP contribution < -0.4 is 15.6 Å². The summed E-state index contributed by atoms with van der Waals surface area (Å²) in [6, 6.07) is 18.2. The maximum atomic E-state index is 12.7. The fourth-order valence-corrected chi connectivity index (χ4v) is 2.82. The molecule has 0 radical (unpaired) electrons. The quantitative estimate of drug-likeness (QED) is 0.511. The number of anilines is 2. The fourth-order valence-electron chi connectivity index (χ4n) is 2.65. The maximum Gasteiger partial charge on any atom is 0.294 e. The minimum Gasteiger partial charge on any atom is -0.450 e. The van der Waals surface area contributed by atoms with Gasteiger partial charge in [-0.1, -0.05) is 41.9 Å². The van der Waals surface area contributed by atoms with Crippen LogP contribution in [-0.4, -0.2) is 14.5 Å². The van der Waals surface area contributed by atoms with E-state index in [9.17, 15) is 4.79 Å². The molecule has 0 atom stereocenters. The number of hydrogen-bond acceptors (Lipinski definition) is 5. The van der Waals surface area contributed by atoms with Gasteiger partial charge in [0.15, 0.2) is 5.75 Å². The number of rotatable bonds is 4. The Morgan fingerprint density at radius 1 is 1.04 bits per heavy atom. The van der Waals surface area contributed by atoms with Crippen molar-refractivity contribution in [2.75, 3.05) is 5.32 Å². The molecule has 2 aromatic carbocycles. The Hall–Kier alpha value is -3.09. The van der Waals surface area contributed by atoms with E-state index in [1.165, 1.54) is 4.57 Å². The van der Waals surface area contributed by atoms with E-state index in [0.29, 0.717) is 27.8 Å². The Bertz CT molecular complexity index is 1180. The third kappa shape index (κ3) is 3.93. The number of aromatic nitrogens is 3. The van der Waals surface area contributed by atoms with Gasteiger partial charge in [-0.05, 0) is 30.3 Å². The van der Waals surface area contributed by atoms with Gasteiger partial charge in [0, 0.05) is 24.3 Å². The van der Waals surface area contributed by atoms with E-state index in [1.807, 2.05) is 30.3 Å². The van der Waals surface area contributed by atoms with Crippen LogP contribution in [0.15, 0.2) is 71.7 Å². The number of halogens is 2. The fraction of sp³-hybridized carbons (Fsp3) is 0.0500. The van der Waals surface area contributed by atoms with E-state index in [0.717, 1.165) is 5.69 Å². The Labute approximate surface area is 172 Å². The van der Waals surface area contributed by atoms with E-state index in [1.54, 1.807) is 43.6 Å². The lowest BCUT2D eigenvalue weighted by Crippen LogP contribution is -2.19. The lowest BCUT2D eigenvalue weighted by Gasteiger charge is -2.11. The zero-order chi connectivity index (χ0) is 18.8. The topological polar surface area (TPSA) is 69.0 Å². The first-order chi connectivity index (χ1) is 13.1. The molecule has 0 aliphatic heterocycles. The third-order valence-electron chi connectivity index (χ3n) is 4.00. The molecule has 1 N–H and O–H groups in total. The monoisotopic (exact) mass is 414 g/mol. The van der Waals surface area contributed by atoms with Crippen molar-refractivity contribution in [2.24, 2.45) is 7.05 Å². The summed E-state index contributed by atoms with van der Waals surface area (Å²) in [5.74, 6) is 0.979. The molecule has 2 aromatic heterocycles. The van der Waals surface area contributed by atoms with E-state index in [-0.39, 0.29) is 23.7 Å². The second-order valence-corrected chi connectivity index (χ2v) is 6.28. The molecule has 0 aliphatic carbocycles. The SMILES string of the molecule is Cl.Cn1c(=O)c(Oc2ccccc2Cl)cc2cnc(Nc3ccccc3)nc21. The number of ether oxygens (including phenoxy) is 1. The van der Waals surface area contributed by atoms with Crippen molar-refractivity contribution in [2.45, 2.75) is 0 Å². The maximum absolute atomic E-state index is 12.7. The average Bonchev–Trinajstić information content (AvgIpc) is 2.69. The lowest BCUT2D eigenvalue weighted by atomic mass is 10.3. The normalized spacial score (nSPS) is 10.4. The molecule has 8 heteroatoms. The van der Waals surface area contributed by atoms with Crippen LogP contribution in [0.25, 0.3) is 11.0 Å². The van der Waals surface area contributed by atoms with Gasteiger partial charge in [-0.15, -0.1) is 12.4 Å². The van der Waals surface area contributed by atoms with Gasteiger partial charge in [0.1, 0.15) is 11.4 Å². The molecular weight excluding hydrogens is 399 g/mol. The van der Waals surface area contributed by atoms with Crippen molar-refractivity contribution in [1.82, 2.24) is 14.5 Å². The summed E-state index contributed by atoms with van der Waals surface area (Å²) >= 11 is 6.12. The van der Waals surface area contributed by atoms with Gasteiger partial charge in [0.25, 0.3) is 5.56 Å². The largest absolute Gasteiger partial charge is 0.450 e. The van der Waals surface area contributed by atoms with Gasteiger partial charge in [-0.2, -0.15) is 4.98 Å². The van der Waals surface area contributed by atoms with Crippen molar-refractivity contribution in [3.63, 3.8) is 0 Å². The van der Waals surface area contributed by atoms with Gasteiger partial charge in [-0.25, -0.2) is 4.98 Å². The minimum absolute atomic E-state index is 0. The van der Waals surface area contributed by atoms with E-state index in [4.69, 9.17) is 16.3 Å². The first kappa shape index (κ1) is 19.7. The van der Waals surface area contributed by atoms with E-state index < -0.39 is 0 Å². The van der Waals surface area contributed by atoms with Gasteiger partial charge in [0.05, 0.1) is 5.02 Å². The lowest BCUT2D eigenvalue weighted by molar-refractivity contribution is 0.472. The van der Waals surface area contributed by atoms with Crippen molar-refractivity contribution < 1.29 is 4.74 Å². The molecule has 0 saturated carbocycles. The van der Waals surface area contributed by atoms with Crippen molar-refractivity contribution >= 4 is 46.7 Å². The number of benzene rings is 2. The number of fused-ring (bicyclic) bond motifs is 1. The standard InChI is InChI=1S/C20H15ClN4O2.ClH/c1-25-18-13(12-22-20(24-18)23-14-7-3-2-4-8-14)11-17(19(25)26)27-16-10-6-5-9-15(16)21;/h2-12H,1H3,(H,22,23,24);1H. The third-order valence-corrected chi connectivity index (χ3v) is 4.31. The van der Waals surface area contributed by atoms with Crippen LogP contribution in [0, 0.1) is 0 Å². The molecule has 28 heavy (non-hydrogen) atoms. The molecule has 4 aromatic rings. The number of nitrogens with zero attached hydrogens (tertiary/aromatic N) is 3. The summed E-state index contributed by atoms with van der Waals surface area (Å²) in [6.45, 7) is 0. The second-order valence-electron chi connectivity index (χ2n) is 5.87. The van der Waals surface area contributed by atoms with Gasteiger partial charge < -0.3 is 10.1 Å². The first-order valence-electron chi connectivity index (χ1n) is 8.23. The van der Waals surface area contributed by atoms with E-state index >= 15 is 0 Å². The highest BCUT2D eigenvalue weighted by Gasteiger charge is 2.12. The summed E-state index contributed by atoms with van der Waals surface area (Å²) < 4.78 is 7.15. The van der Waals surface area contributed by atoms with Crippen molar-refractivity contribution in [1.29, 1.82) is 0 Å². The summed E-state index contributed by atoms with van der Waals surface area (Å²) in [4.78, 5) is 21.5. The molecule has 0 bridgehead atoms. The highest BCUT2D eigenvalue weighted by atomic mass is 35.5. The smallest absolute Gasteiger partial charge is 0.294 e. The number of hydrogen-bond donors (Lipinski definition) is 1. The molecule has 142 valence electrons. The number of para-hydroxylation sites is 2. The van der Waals surface area contributed by atoms with E-state index in [2.05, 4.69) is 15.3 Å². The van der Waals surface area contributed by atoms with Crippen LogP contribution in [0.3, 0.4) is 0 Å². The highest BCUT2D eigenvalue weighted by molar-refractivity contribution is 6.32. The number of pyridine rings is 1. The molecule has 0 fully saturated rings.